The molecule has 1 rings (SSSR count). The molecule has 0 aromatic carbocycles. The summed E-state index contributed by atoms with van der Waals surface area (Å²) in [5.74, 6) is -2.82. The number of rotatable bonds is 4. The smallest absolute Gasteiger partial charge is 0.288 e. The normalized spacial score (nSPS) is 14.0. The Kier molecular flexibility index (Phi) is 4.86. The van der Waals surface area contributed by atoms with Crippen LogP contribution in [0.5, 0.6) is 0 Å². The van der Waals surface area contributed by atoms with Gasteiger partial charge in [0.25, 0.3) is 11.8 Å². The van der Waals surface area contributed by atoms with Gasteiger partial charge in [0.05, 0.1) is 4.91 Å². The first-order chi connectivity index (χ1) is 8.45. The number of hydrogen-bond acceptors (Lipinski definition) is 6. The molecule has 0 aromatic heterocycles. The highest BCUT2D eigenvalue weighted by Crippen LogP contribution is 2.22. The van der Waals surface area contributed by atoms with E-state index in [0.29, 0.717) is 18.5 Å². The zero-order valence-electron chi connectivity index (χ0n) is 9.77. The maximum Gasteiger partial charge on any atom is 0.324 e. The van der Waals surface area contributed by atoms with E-state index < -0.39 is 23.6 Å². The van der Waals surface area contributed by atoms with Crippen molar-refractivity contribution in [2.45, 2.75) is 6.92 Å². The second-order valence-corrected chi connectivity index (χ2v) is 4.38. The van der Waals surface area contributed by atoms with Crippen LogP contribution in [-0.2, 0) is 19.2 Å². The highest BCUT2D eigenvalue weighted by atomic mass is 32.2. The van der Waals surface area contributed by atoms with Crippen LogP contribution in [0.25, 0.3) is 0 Å². The van der Waals surface area contributed by atoms with E-state index in [1.54, 1.807) is 6.92 Å². The maximum atomic E-state index is 11.5. The summed E-state index contributed by atoms with van der Waals surface area (Å²) in [7, 11) is 1.33. The van der Waals surface area contributed by atoms with Crippen LogP contribution in [0.15, 0.2) is 11.0 Å². The van der Waals surface area contributed by atoms with Crippen molar-refractivity contribution in [3.05, 3.63) is 11.0 Å². The predicted molar refractivity (Wildman–Crippen MR) is 63.4 cm³/mol. The van der Waals surface area contributed by atoms with Gasteiger partial charge in [-0.2, -0.15) is 0 Å². The second-order valence-electron chi connectivity index (χ2n) is 3.21. The first kappa shape index (κ1) is 14.2. The Bertz CT molecular complexity index is 434. The Morgan fingerprint density at radius 3 is 2.61 bits per heavy atom. The number of hydrazine groups is 1. The lowest BCUT2D eigenvalue weighted by atomic mass is 10.5. The molecule has 4 amide bonds. The van der Waals surface area contributed by atoms with Crippen molar-refractivity contribution < 1.29 is 19.2 Å². The number of likely N-dealkylation sites (N-methyl/N-ethyl adjacent to an activating group) is 1. The SMILES string of the molecule is CCNNC(=O)C(=O)N(C)SC1=CC(=O)NC1=O. The summed E-state index contributed by atoms with van der Waals surface area (Å²) < 4.78 is 0.969. The number of carbonyl (C=O) groups excluding carboxylic acids is 4. The van der Waals surface area contributed by atoms with Crippen LogP contribution in [0.3, 0.4) is 0 Å². The Morgan fingerprint density at radius 2 is 2.11 bits per heavy atom. The average molecular weight is 272 g/mol. The van der Waals surface area contributed by atoms with Crippen molar-refractivity contribution in [1.29, 1.82) is 0 Å². The molecule has 1 aliphatic heterocycles. The summed E-state index contributed by atoms with van der Waals surface area (Å²) in [4.78, 5) is 45.0. The lowest BCUT2D eigenvalue weighted by Gasteiger charge is -2.14. The molecule has 98 valence electrons. The van der Waals surface area contributed by atoms with Gasteiger partial charge in [0.15, 0.2) is 0 Å². The van der Waals surface area contributed by atoms with Gasteiger partial charge in [0, 0.05) is 19.7 Å². The molecule has 3 N–H and O–H groups in total. The van der Waals surface area contributed by atoms with Crippen LogP contribution in [0.1, 0.15) is 6.92 Å². The third-order valence-electron chi connectivity index (χ3n) is 1.82. The molecule has 0 radical (unpaired) electrons. The van der Waals surface area contributed by atoms with Crippen LogP contribution in [0, 0.1) is 0 Å². The van der Waals surface area contributed by atoms with E-state index in [4.69, 9.17) is 0 Å². The minimum atomic E-state index is -0.850. The van der Waals surface area contributed by atoms with E-state index in [1.807, 2.05) is 5.32 Å². The van der Waals surface area contributed by atoms with Crippen molar-refractivity contribution in [3.63, 3.8) is 0 Å². The van der Waals surface area contributed by atoms with Crippen LogP contribution >= 0.6 is 11.9 Å². The van der Waals surface area contributed by atoms with E-state index in [2.05, 4.69) is 10.9 Å². The molecule has 0 aromatic rings. The lowest BCUT2D eigenvalue weighted by Crippen LogP contribution is -2.45. The highest BCUT2D eigenvalue weighted by Gasteiger charge is 2.26. The minimum absolute atomic E-state index is 0.0621. The fourth-order valence-electron chi connectivity index (χ4n) is 1.02. The van der Waals surface area contributed by atoms with Gasteiger partial charge in [-0.1, -0.05) is 6.92 Å². The van der Waals surface area contributed by atoms with Crippen molar-refractivity contribution >= 4 is 35.6 Å². The van der Waals surface area contributed by atoms with E-state index in [0.717, 1.165) is 10.4 Å². The van der Waals surface area contributed by atoms with Gasteiger partial charge in [-0.25, -0.2) is 5.43 Å². The molecule has 0 atom stereocenters. The number of hydrogen-bond donors (Lipinski definition) is 3. The quantitative estimate of drug-likeness (QED) is 0.243. The number of nitrogens with one attached hydrogen (secondary N) is 3. The lowest BCUT2D eigenvalue weighted by molar-refractivity contribution is -0.142. The van der Waals surface area contributed by atoms with Crippen LogP contribution in [0.2, 0.25) is 0 Å². The summed E-state index contributed by atoms with van der Waals surface area (Å²) in [5.41, 5.74) is 4.67. The first-order valence-corrected chi connectivity index (χ1v) is 5.79. The fraction of sp³-hybridized carbons (Fsp3) is 0.333. The van der Waals surface area contributed by atoms with Gasteiger partial charge >= 0.3 is 11.8 Å². The van der Waals surface area contributed by atoms with Crippen LogP contribution < -0.4 is 16.2 Å². The van der Waals surface area contributed by atoms with Gasteiger partial charge in [0.2, 0.25) is 0 Å². The molecule has 0 saturated carbocycles. The van der Waals surface area contributed by atoms with Gasteiger partial charge in [-0.15, -0.1) is 0 Å². The molecule has 0 unspecified atom stereocenters. The molecule has 8 nitrogen and oxygen atoms in total. The van der Waals surface area contributed by atoms with E-state index >= 15 is 0 Å². The number of nitrogens with zero attached hydrogens (tertiary/aromatic N) is 1. The third kappa shape index (κ3) is 3.57. The largest absolute Gasteiger partial charge is 0.324 e. The summed E-state index contributed by atoms with van der Waals surface area (Å²) in [5, 5.41) is 2.03. The summed E-state index contributed by atoms with van der Waals surface area (Å²) in [6.45, 7) is 2.22. The monoisotopic (exact) mass is 272 g/mol. The zero-order chi connectivity index (χ0) is 13.7. The molecule has 1 aliphatic rings. The first-order valence-electron chi connectivity index (χ1n) is 5.01. The third-order valence-corrected chi connectivity index (χ3v) is 2.76. The molecule has 0 fully saturated rings. The van der Waals surface area contributed by atoms with Crippen molar-refractivity contribution in [1.82, 2.24) is 20.5 Å². The number of carbonyl (C=O) groups is 4. The van der Waals surface area contributed by atoms with Crippen molar-refractivity contribution in [3.8, 4) is 0 Å². The predicted octanol–water partition coefficient (Wildman–Crippen LogP) is -1.73. The van der Waals surface area contributed by atoms with Gasteiger partial charge < -0.3 is 0 Å². The molecule has 1 heterocycles. The minimum Gasteiger partial charge on any atom is -0.288 e. The maximum absolute atomic E-state index is 11.5. The molecule has 0 saturated heterocycles. The topological polar surface area (TPSA) is 108 Å². The fourth-order valence-corrected chi connectivity index (χ4v) is 1.77. The van der Waals surface area contributed by atoms with Gasteiger partial charge in [0.1, 0.15) is 0 Å². The summed E-state index contributed by atoms with van der Waals surface area (Å²) >= 11 is 0.712. The second kappa shape index (κ2) is 6.17. The Balaban J connectivity index is 2.55. The number of amides is 4. The molecule has 0 spiro atoms. The van der Waals surface area contributed by atoms with E-state index in [-0.39, 0.29) is 4.91 Å². The Hall–Kier alpha value is -1.87. The Morgan fingerprint density at radius 1 is 1.44 bits per heavy atom. The molecule has 0 bridgehead atoms. The van der Waals surface area contributed by atoms with E-state index in [1.165, 1.54) is 7.05 Å². The van der Waals surface area contributed by atoms with Crippen LogP contribution in [0.4, 0.5) is 0 Å². The zero-order valence-corrected chi connectivity index (χ0v) is 10.6. The Labute approximate surface area is 107 Å². The van der Waals surface area contributed by atoms with Crippen molar-refractivity contribution in [2.24, 2.45) is 0 Å². The molecular weight excluding hydrogens is 260 g/mol. The van der Waals surface area contributed by atoms with E-state index in [9.17, 15) is 19.2 Å². The number of imide groups is 1. The standard InChI is InChI=1S/C9H12N4O4S/c1-3-10-12-8(16)9(17)13(2)18-5-4-6(14)11-7(5)15/h4,10H,3H2,1-2H3,(H,12,16)(H,11,14,15). The molecule has 9 heteroatoms. The van der Waals surface area contributed by atoms with Gasteiger partial charge in [-0.3, -0.25) is 34.2 Å². The summed E-state index contributed by atoms with van der Waals surface area (Å²) in [6.07, 6.45) is 1.07. The highest BCUT2D eigenvalue weighted by molar-refractivity contribution is 8.02. The van der Waals surface area contributed by atoms with Gasteiger partial charge in [-0.05, 0) is 11.9 Å². The summed E-state index contributed by atoms with van der Waals surface area (Å²) in [6, 6.07) is 0. The van der Waals surface area contributed by atoms with Crippen molar-refractivity contribution in [2.75, 3.05) is 13.6 Å². The molecule has 0 aliphatic carbocycles. The average Bonchev–Trinajstić information content (AvgIpc) is 2.63. The molecule has 18 heavy (non-hydrogen) atoms. The molecular formula is C9H12N4O4S. The van der Waals surface area contributed by atoms with Crippen LogP contribution in [-0.4, -0.2) is 41.5 Å².